The fraction of sp³-hybridized carbons (Fsp3) is 0.417. The maximum Gasteiger partial charge on any atom is 0.144 e. The van der Waals surface area contributed by atoms with Crippen LogP contribution in [0.5, 0.6) is 0 Å². The third-order valence-corrected chi connectivity index (χ3v) is 3.97. The van der Waals surface area contributed by atoms with Crippen LogP contribution in [0.4, 0.5) is 0 Å². The van der Waals surface area contributed by atoms with Crippen molar-refractivity contribution in [1.82, 2.24) is 0 Å². The van der Waals surface area contributed by atoms with Gasteiger partial charge in [0.05, 0.1) is 5.71 Å². The lowest BCUT2D eigenvalue weighted by Crippen LogP contribution is -2.26. The number of hydrogen-bond donors (Lipinski definition) is 0. The van der Waals surface area contributed by atoms with Crippen molar-refractivity contribution in [2.45, 2.75) is 32.4 Å². The average molecular weight is 302 g/mol. The second-order valence-electron chi connectivity index (χ2n) is 4.55. The zero-order valence-electron chi connectivity index (χ0n) is 9.95. The molecule has 1 unspecified atom stereocenters. The first-order valence-electron chi connectivity index (χ1n) is 5.04. The van der Waals surface area contributed by atoms with Crippen molar-refractivity contribution in [2.24, 2.45) is 4.40 Å². The molecule has 4 heteroatoms. The number of halogens is 1. The molecule has 16 heavy (non-hydrogen) atoms. The Morgan fingerprint density at radius 1 is 1.38 bits per heavy atom. The van der Waals surface area contributed by atoms with Gasteiger partial charge in [0.2, 0.25) is 0 Å². The number of hydrogen-bond acceptors (Lipinski definition) is 2. The van der Waals surface area contributed by atoms with Crippen molar-refractivity contribution in [2.75, 3.05) is 0 Å². The van der Waals surface area contributed by atoms with Crippen molar-refractivity contribution in [3.63, 3.8) is 0 Å². The molecule has 1 rings (SSSR count). The highest BCUT2D eigenvalue weighted by Crippen LogP contribution is 2.19. The maximum atomic E-state index is 11.8. The molecule has 2 nitrogen and oxygen atoms in total. The van der Waals surface area contributed by atoms with Crippen LogP contribution in [-0.4, -0.2) is 15.0 Å². The van der Waals surface area contributed by atoms with Crippen molar-refractivity contribution in [3.8, 4) is 0 Å². The molecule has 0 aromatic heterocycles. The Morgan fingerprint density at radius 3 is 2.50 bits per heavy atom. The lowest BCUT2D eigenvalue weighted by atomic mass is 10.1. The standard InChI is InChI=1S/C12H16BrNOS/c1-9(14-16(15)12(2,3)4)10-6-5-7-11(13)8-10/h5-8H,1-4H3/b14-9+. The lowest BCUT2D eigenvalue weighted by molar-refractivity contribution is 0.561. The molecule has 1 aromatic rings. The van der Waals surface area contributed by atoms with Gasteiger partial charge in [-0.1, -0.05) is 32.5 Å². The minimum atomic E-state index is -1.20. The Bertz CT molecular complexity index is 398. The second kappa shape index (κ2) is 5.34. The van der Waals surface area contributed by atoms with E-state index in [0.717, 1.165) is 15.7 Å². The Hall–Kier alpha value is -0.320. The van der Waals surface area contributed by atoms with Crippen LogP contribution in [0.25, 0.3) is 0 Å². The summed E-state index contributed by atoms with van der Waals surface area (Å²) >= 11 is 2.20. The molecular formula is C12H16BrNOS. The molecule has 1 atom stereocenters. The van der Waals surface area contributed by atoms with E-state index in [9.17, 15) is 4.55 Å². The van der Waals surface area contributed by atoms with E-state index in [1.54, 1.807) is 0 Å². The Labute approximate surface area is 109 Å². The quantitative estimate of drug-likeness (QED) is 0.606. The molecule has 0 heterocycles. The molecule has 0 bridgehead atoms. The van der Waals surface area contributed by atoms with Gasteiger partial charge in [0.15, 0.2) is 0 Å². The highest BCUT2D eigenvalue weighted by atomic mass is 79.9. The summed E-state index contributed by atoms with van der Waals surface area (Å²) in [4.78, 5) is 0. The first kappa shape index (κ1) is 13.7. The summed E-state index contributed by atoms with van der Waals surface area (Å²) in [6, 6.07) is 7.83. The van der Waals surface area contributed by atoms with Gasteiger partial charge in [-0.25, -0.2) is 0 Å². The molecule has 0 aliphatic rings. The van der Waals surface area contributed by atoms with E-state index < -0.39 is 11.4 Å². The summed E-state index contributed by atoms with van der Waals surface area (Å²) < 4.78 is 16.8. The normalized spacial score (nSPS) is 15.0. The van der Waals surface area contributed by atoms with Gasteiger partial charge in [0, 0.05) is 10.0 Å². The highest BCUT2D eigenvalue weighted by molar-refractivity contribution is 9.10. The van der Waals surface area contributed by atoms with Crippen molar-refractivity contribution in [1.29, 1.82) is 0 Å². The molecule has 0 saturated heterocycles. The molecule has 0 aliphatic heterocycles. The number of nitrogens with zero attached hydrogens (tertiary/aromatic N) is 1. The highest BCUT2D eigenvalue weighted by Gasteiger charge is 2.26. The van der Waals surface area contributed by atoms with Gasteiger partial charge in [0.25, 0.3) is 0 Å². The summed E-state index contributed by atoms with van der Waals surface area (Å²) in [5.41, 5.74) is 1.79. The first-order chi connectivity index (χ1) is 7.30. The van der Waals surface area contributed by atoms with E-state index in [0.29, 0.717) is 0 Å². The van der Waals surface area contributed by atoms with Crippen LogP contribution in [0.3, 0.4) is 0 Å². The molecule has 0 spiro atoms. The SMILES string of the molecule is C/C(=N\[S+]([O-])C(C)(C)C)c1cccc(Br)c1. The maximum absolute atomic E-state index is 11.8. The fourth-order valence-electron chi connectivity index (χ4n) is 1.03. The monoisotopic (exact) mass is 301 g/mol. The molecular weight excluding hydrogens is 286 g/mol. The van der Waals surface area contributed by atoms with Crippen molar-refractivity contribution in [3.05, 3.63) is 34.3 Å². The minimum absolute atomic E-state index is 0.312. The van der Waals surface area contributed by atoms with Crippen LogP contribution in [0.15, 0.2) is 33.1 Å². The smallest absolute Gasteiger partial charge is 0.144 e. The number of benzene rings is 1. The van der Waals surface area contributed by atoms with E-state index in [-0.39, 0.29) is 4.75 Å². The van der Waals surface area contributed by atoms with Crippen molar-refractivity contribution >= 4 is 33.0 Å². The summed E-state index contributed by atoms with van der Waals surface area (Å²) in [6.07, 6.45) is 0. The summed E-state index contributed by atoms with van der Waals surface area (Å²) in [5.74, 6) is 0. The summed E-state index contributed by atoms with van der Waals surface area (Å²) in [7, 11) is 0. The van der Waals surface area contributed by atoms with Gasteiger partial charge in [-0.3, -0.25) is 0 Å². The molecule has 0 saturated carbocycles. The zero-order valence-corrected chi connectivity index (χ0v) is 12.4. The fourth-order valence-corrected chi connectivity index (χ4v) is 2.05. The van der Waals surface area contributed by atoms with Gasteiger partial charge >= 0.3 is 0 Å². The van der Waals surface area contributed by atoms with Crippen molar-refractivity contribution < 1.29 is 4.55 Å². The third kappa shape index (κ3) is 3.92. The van der Waals surface area contributed by atoms with Crippen LogP contribution in [0.1, 0.15) is 33.3 Å². The van der Waals surface area contributed by atoms with Gasteiger partial charge < -0.3 is 4.55 Å². The molecule has 1 aromatic carbocycles. The third-order valence-electron chi connectivity index (χ3n) is 1.99. The molecule has 0 aliphatic carbocycles. The Morgan fingerprint density at radius 2 is 2.00 bits per heavy atom. The molecule has 0 amide bonds. The van der Waals surface area contributed by atoms with E-state index in [4.69, 9.17) is 0 Å². The van der Waals surface area contributed by atoms with Crippen LogP contribution in [0, 0.1) is 0 Å². The van der Waals surface area contributed by atoms with Crippen LogP contribution < -0.4 is 0 Å². The molecule has 88 valence electrons. The van der Waals surface area contributed by atoms with Gasteiger partial charge in [-0.15, -0.1) is 0 Å². The van der Waals surface area contributed by atoms with E-state index in [1.165, 1.54) is 0 Å². The largest absolute Gasteiger partial charge is 0.591 e. The van der Waals surface area contributed by atoms with Gasteiger partial charge in [0.1, 0.15) is 16.1 Å². The molecule has 0 N–H and O–H groups in total. The molecule has 0 fully saturated rings. The predicted octanol–water partition coefficient (Wildman–Crippen LogP) is 3.72. The predicted molar refractivity (Wildman–Crippen MR) is 74.2 cm³/mol. The summed E-state index contributed by atoms with van der Waals surface area (Å²) in [5, 5.41) is 0. The number of rotatable bonds is 2. The van der Waals surface area contributed by atoms with Crippen LogP contribution >= 0.6 is 15.9 Å². The minimum Gasteiger partial charge on any atom is -0.591 e. The van der Waals surface area contributed by atoms with E-state index in [2.05, 4.69) is 20.3 Å². The summed E-state index contributed by atoms with van der Waals surface area (Å²) in [6.45, 7) is 7.63. The van der Waals surface area contributed by atoms with Gasteiger partial charge in [-0.05, 0) is 39.8 Å². The first-order valence-corrected chi connectivity index (χ1v) is 6.94. The topological polar surface area (TPSA) is 35.4 Å². The van der Waals surface area contributed by atoms with Crippen LogP contribution in [0.2, 0.25) is 0 Å². The Kier molecular flexibility index (Phi) is 4.59. The Balaban J connectivity index is 2.94. The van der Waals surface area contributed by atoms with Gasteiger partial charge in [-0.2, -0.15) is 0 Å². The van der Waals surface area contributed by atoms with E-state index >= 15 is 0 Å². The molecule has 0 radical (unpaired) electrons. The van der Waals surface area contributed by atoms with Crippen LogP contribution in [-0.2, 0) is 11.4 Å². The second-order valence-corrected chi connectivity index (χ2v) is 7.37. The zero-order chi connectivity index (χ0) is 12.3. The average Bonchev–Trinajstić information content (AvgIpc) is 2.16. The van der Waals surface area contributed by atoms with E-state index in [1.807, 2.05) is 52.0 Å². The lowest BCUT2D eigenvalue weighted by Gasteiger charge is -2.18.